The van der Waals surface area contributed by atoms with Crippen LogP contribution in [0.25, 0.3) is 0 Å². The predicted octanol–water partition coefficient (Wildman–Crippen LogP) is 5.01. The summed E-state index contributed by atoms with van der Waals surface area (Å²) in [5.74, 6) is 1.72. The van der Waals surface area contributed by atoms with Crippen LogP contribution in [0.2, 0.25) is 5.02 Å². The number of carbonyl (C=O) groups is 1. The Morgan fingerprint density at radius 2 is 1.77 bits per heavy atom. The molecular weight excluding hydrogens is 421 g/mol. The molecule has 0 atom stereocenters. The lowest BCUT2D eigenvalue weighted by atomic mass is 10.2. The fourth-order valence-corrected chi connectivity index (χ4v) is 2.80. The monoisotopic (exact) mass is 438 g/mol. The van der Waals surface area contributed by atoms with E-state index in [2.05, 4.69) is 10.6 Å². The Morgan fingerprint density at radius 3 is 2.40 bits per heavy atom. The van der Waals surface area contributed by atoms with Gasteiger partial charge in [-0.05, 0) is 48.5 Å². The van der Waals surface area contributed by atoms with Gasteiger partial charge in [0.15, 0.2) is 0 Å². The van der Waals surface area contributed by atoms with Crippen molar-refractivity contribution in [2.45, 2.75) is 6.18 Å². The van der Waals surface area contributed by atoms with E-state index in [1.165, 1.54) is 6.07 Å². The van der Waals surface area contributed by atoms with E-state index < -0.39 is 22.8 Å². The number of ether oxygens (including phenoxy) is 1. The van der Waals surface area contributed by atoms with Crippen LogP contribution >= 0.6 is 11.6 Å². The standard InChI is InChI=1S/C20H18ClF3N4O2/c1-28-9-8-15(11-18(28)25)30-14-5-2-12(3-6-14)26-19(29)27-13-4-7-17(21)16(10-13)20(22,23)24/h2-8,10-11H,9,25H2,1H3,(H2,26,27,29). The molecule has 6 nitrogen and oxygen atoms in total. The minimum absolute atomic E-state index is 0.0391. The maximum atomic E-state index is 12.9. The van der Waals surface area contributed by atoms with Crippen LogP contribution in [0.15, 0.2) is 66.2 Å². The van der Waals surface area contributed by atoms with E-state index in [0.717, 1.165) is 12.1 Å². The van der Waals surface area contributed by atoms with E-state index >= 15 is 0 Å². The van der Waals surface area contributed by atoms with Gasteiger partial charge in [0.1, 0.15) is 17.3 Å². The topological polar surface area (TPSA) is 79.6 Å². The molecule has 1 heterocycles. The van der Waals surface area contributed by atoms with Crippen LogP contribution in [0.4, 0.5) is 29.3 Å². The third kappa shape index (κ3) is 5.38. The molecule has 2 amide bonds. The highest BCUT2D eigenvalue weighted by molar-refractivity contribution is 6.31. The van der Waals surface area contributed by atoms with E-state index in [0.29, 0.717) is 29.6 Å². The number of alkyl halides is 3. The van der Waals surface area contributed by atoms with Crippen LogP contribution in [0, 0.1) is 0 Å². The highest BCUT2D eigenvalue weighted by atomic mass is 35.5. The number of hydrogen-bond acceptors (Lipinski definition) is 4. The maximum Gasteiger partial charge on any atom is 0.417 e. The lowest BCUT2D eigenvalue weighted by Gasteiger charge is -2.22. The van der Waals surface area contributed by atoms with Crippen LogP contribution < -0.4 is 21.1 Å². The van der Waals surface area contributed by atoms with E-state index in [1.807, 2.05) is 18.0 Å². The van der Waals surface area contributed by atoms with Crippen molar-refractivity contribution in [1.82, 2.24) is 4.90 Å². The normalized spacial score (nSPS) is 14.0. The number of benzene rings is 2. The summed E-state index contributed by atoms with van der Waals surface area (Å²) >= 11 is 5.57. The van der Waals surface area contributed by atoms with E-state index in [1.54, 1.807) is 30.3 Å². The third-order valence-electron chi connectivity index (χ3n) is 4.17. The lowest BCUT2D eigenvalue weighted by molar-refractivity contribution is -0.137. The van der Waals surface area contributed by atoms with Crippen molar-refractivity contribution in [2.24, 2.45) is 5.73 Å². The van der Waals surface area contributed by atoms with Crippen LogP contribution in [-0.4, -0.2) is 24.5 Å². The molecule has 0 unspecified atom stereocenters. The van der Waals surface area contributed by atoms with Crippen molar-refractivity contribution in [3.05, 3.63) is 76.8 Å². The number of hydrogen-bond donors (Lipinski definition) is 3. The van der Waals surface area contributed by atoms with E-state index in [9.17, 15) is 18.0 Å². The number of halogens is 4. The fourth-order valence-electron chi connectivity index (χ4n) is 2.57. The first kappa shape index (κ1) is 21.4. The third-order valence-corrected chi connectivity index (χ3v) is 4.50. The minimum atomic E-state index is -4.62. The summed E-state index contributed by atoms with van der Waals surface area (Å²) in [6, 6.07) is 8.90. The van der Waals surface area contributed by atoms with Crippen LogP contribution in [-0.2, 0) is 6.18 Å². The van der Waals surface area contributed by atoms with Crippen molar-refractivity contribution < 1.29 is 22.7 Å². The Bertz CT molecular complexity index is 1000. The summed E-state index contributed by atoms with van der Waals surface area (Å²) < 4.78 is 44.5. The number of nitrogens with zero attached hydrogens (tertiary/aromatic N) is 1. The van der Waals surface area contributed by atoms with Crippen molar-refractivity contribution in [1.29, 1.82) is 0 Å². The summed E-state index contributed by atoms with van der Waals surface area (Å²) in [4.78, 5) is 14.0. The molecule has 0 bridgehead atoms. The quantitative estimate of drug-likeness (QED) is 0.627. The van der Waals surface area contributed by atoms with Gasteiger partial charge in [0.25, 0.3) is 0 Å². The summed E-state index contributed by atoms with van der Waals surface area (Å²) in [5.41, 5.74) is 5.21. The van der Waals surface area contributed by atoms with Gasteiger partial charge in [0.2, 0.25) is 0 Å². The van der Waals surface area contributed by atoms with Gasteiger partial charge in [0, 0.05) is 31.0 Å². The Labute approximate surface area is 175 Å². The molecular formula is C20H18ClF3N4O2. The zero-order chi connectivity index (χ0) is 21.9. The van der Waals surface area contributed by atoms with Crippen molar-refractivity contribution >= 4 is 29.0 Å². The fraction of sp³-hybridized carbons (Fsp3) is 0.150. The van der Waals surface area contributed by atoms with E-state index in [-0.39, 0.29) is 5.69 Å². The number of amides is 2. The van der Waals surface area contributed by atoms with Crippen molar-refractivity contribution in [2.75, 3.05) is 24.2 Å². The summed E-state index contributed by atoms with van der Waals surface area (Å²) in [6.45, 7) is 0.623. The number of urea groups is 1. The summed E-state index contributed by atoms with van der Waals surface area (Å²) in [5, 5.41) is 4.43. The number of nitrogens with one attached hydrogen (secondary N) is 2. The molecule has 0 fully saturated rings. The number of anilines is 2. The molecule has 2 aromatic carbocycles. The number of likely N-dealkylation sites (N-methyl/N-ethyl adjacent to an activating group) is 1. The number of rotatable bonds is 4. The zero-order valence-corrected chi connectivity index (χ0v) is 16.5. The van der Waals surface area contributed by atoms with Crippen molar-refractivity contribution in [3.8, 4) is 5.75 Å². The lowest BCUT2D eigenvalue weighted by Crippen LogP contribution is -2.27. The average Bonchev–Trinajstić information content (AvgIpc) is 2.67. The second-order valence-electron chi connectivity index (χ2n) is 6.45. The Hall–Kier alpha value is -3.33. The maximum absolute atomic E-state index is 12.9. The van der Waals surface area contributed by atoms with E-state index in [4.69, 9.17) is 22.1 Å². The molecule has 1 aliphatic rings. The molecule has 4 N–H and O–H groups in total. The molecule has 0 radical (unpaired) electrons. The second kappa shape index (κ2) is 8.58. The van der Waals surface area contributed by atoms with Gasteiger partial charge in [-0.1, -0.05) is 11.6 Å². The molecule has 158 valence electrons. The molecule has 30 heavy (non-hydrogen) atoms. The molecule has 0 saturated carbocycles. The Kier molecular flexibility index (Phi) is 6.12. The largest absolute Gasteiger partial charge is 0.458 e. The van der Waals surface area contributed by atoms with Gasteiger partial charge in [-0.15, -0.1) is 0 Å². The van der Waals surface area contributed by atoms with Gasteiger partial charge in [-0.3, -0.25) is 0 Å². The molecule has 0 aromatic heterocycles. The van der Waals surface area contributed by atoms with Crippen molar-refractivity contribution in [3.63, 3.8) is 0 Å². The first-order valence-electron chi connectivity index (χ1n) is 8.73. The highest BCUT2D eigenvalue weighted by Crippen LogP contribution is 2.36. The molecule has 2 aromatic rings. The molecule has 3 rings (SSSR count). The predicted molar refractivity (Wildman–Crippen MR) is 109 cm³/mol. The first-order chi connectivity index (χ1) is 14.1. The number of carbonyl (C=O) groups excluding carboxylic acids is 1. The van der Waals surface area contributed by atoms with Gasteiger partial charge >= 0.3 is 12.2 Å². The highest BCUT2D eigenvalue weighted by Gasteiger charge is 2.33. The molecule has 0 spiro atoms. The van der Waals surface area contributed by atoms with Crippen LogP contribution in [0.1, 0.15) is 5.56 Å². The molecule has 0 saturated heterocycles. The number of nitrogens with two attached hydrogens (primary N) is 1. The average molecular weight is 439 g/mol. The smallest absolute Gasteiger partial charge is 0.417 e. The van der Waals surface area contributed by atoms with Gasteiger partial charge in [-0.2, -0.15) is 13.2 Å². The molecule has 0 aliphatic carbocycles. The second-order valence-corrected chi connectivity index (χ2v) is 6.86. The van der Waals surface area contributed by atoms with Gasteiger partial charge in [-0.25, -0.2) is 4.79 Å². The first-order valence-corrected chi connectivity index (χ1v) is 9.11. The summed E-state index contributed by atoms with van der Waals surface area (Å²) in [7, 11) is 1.86. The molecule has 1 aliphatic heterocycles. The number of allylic oxidation sites excluding steroid dienone is 1. The van der Waals surface area contributed by atoms with Gasteiger partial charge < -0.3 is 26.0 Å². The molecule has 10 heteroatoms. The SMILES string of the molecule is CN1CC=C(Oc2ccc(NC(=O)Nc3ccc(Cl)c(C(F)(F)F)c3)cc2)C=C1N. The summed E-state index contributed by atoms with van der Waals surface area (Å²) in [6.07, 6.45) is -1.05. The van der Waals surface area contributed by atoms with Gasteiger partial charge in [0.05, 0.1) is 10.6 Å². The Morgan fingerprint density at radius 1 is 1.13 bits per heavy atom. The zero-order valence-electron chi connectivity index (χ0n) is 15.8. The minimum Gasteiger partial charge on any atom is -0.458 e. The Balaban J connectivity index is 1.60. The van der Waals surface area contributed by atoms with Crippen LogP contribution in [0.3, 0.4) is 0 Å². The van der Waals surface area contributed by atoms with Crippen LogP contribution in [0.5, 0.6) is 5.75 Å².